The maximum absolute atomic E-state index is 4.76. The average molecular weight is 301 g/mol. The second-order valence-electron chi connectivity index (χ2n) is 5.96. The lowest BCUT2D eigenvalue weighted by Gasteiger charge is -2.27. The van der Waals surface area contributed by atoms with Gasteiger partial charge in [0, 0.05) is 43.7 Å². The smallest absolute Gasteiger partial charge is 0.123 e. The van der Waals surface area contributed by atoms with Gasteiger partial charge in [-0.1, -0.05) is 32.0 Å². The van der Waals surface area contributed by atoms with Crippen LogP contribution in [0.25, 0.3) is 10.6 Å². The van der Waals surface area contributed by atoms with E-state index in [1.54, 1.807) is 11.3 Å². The molecule has 112 valence electrons. The zero-order chi connectivity index (χ0) is 14.7. The summed E-state index contributed by atoms with van der Waals surface area (Å²) in [5.41, 5.74) is 3.83. The van der Waals surface area contributed by atoms with Gasteiger partial charge in [0.2, 0.25) is 0 Å². The summed E-state index contributed by atoms with van der Waals surface area (Å²) in [4.78, 5) is 7.27. The molecule has 0 bridgehead atoms. The maximum atomic E-state index is 4.76. The van der Waals surface area contributed by atoms with Crippen LogP contribution in [0.2, 0.25) is 0 Å². The predicted molar refractivity (Wildman–Crippen MR) is 89.8 cm³/mol. The highest BCUT2D eigenvalue weighted by Gasteiger charge is 2.11. The van der Waals surface area contributed by atoms with E-state index in [4.69, 9.17) is 4.98 Å². The van der Waals surface area contributed by atoms with Crippen LogP contribution in [0.4, 0.5) is 0 Å². The molecule has 3 rings (SSSR count). The fraction of sp³-hybridized carbons (Fsp3) is 0.471. The zero-order valence-corrected chi connectivity index (χ0v) is 13.6. The van der Waals surface area contributed by atoms with Crippen molar-refractivity contribution in [2.45, 2.75) is 26.3 Å². The van der Waals surface area contributed by atoms with E-state index in [1.165, 1.54) is 16.8 Å². The first-order chi connectivity index (χ1) is 10.2. The normalized spacial score (nSPS) is 16.5. The van der Waals surface area contributed by atoms with Crippen LogP contribution in [0.15, 0.2) is 29.6 Å². The summed E-state index contributed by atoms with van der Waals surface area (Å²) in [5.74, 6) is 0.499. The van der Waals surface area contributed by atoms with Crippen molar-refractivity contribution in [1.82, 2.24) is 15.2 Å². The zero-order valence-electron chi connectivity index (χ0n) is 12.8. The Bertz CT molecular complexity index is 585. The van der Waals surface area contributed by atoms with Gasteiger partial charge in [-0.2, -0.15) is 0 Å². The highest BCUT2D eigenvalue weighted by molar-refractivity contribution is 7.13. The summed E-state index contributed by atoms with van der Waals surface area (Å²) in [6.45, 7) is 9.91. The number of thiazole rings is 1. The van der Waals surface area contributed by atoms with Crippen molar-refractivity contribution in [3.63, 3.8) is 0 Å². The number of rotatable bonds is 4. The Balaban J connectivity index is 1.75. The van der Waals surface area contributed by atoms with Gasteiger partial charge in [0.1, 0.15) is 5.01 Å². The molecule has 2 heterocycles. The van der Waals surface area contributed by atoms with E-state index in [0.717, 1.165) is 37.7 Å². The predicted octanol–water partition coefficient (Wildman–Crippen LogP) is 3.34. The van der Waals surface area contributed by atoms with Crippen LogP contribution in [0.5, 0.6) is 0 Å². The van der Waals surface area contributed by atoms with Gasteiger partial charge in [0.25, 0.3) is 0 Å². The third-order valence-electron chi connectivity index (χ3n) is 3.90. The minimum atomic E-state index is 0.499. The summed E-state index contributed by atoms with van der Waals surface area (Å²) < 4.78 is 0. The van der Waals surface area contributed by atoms with Crippen LogP contribution in [-0.2, 0) is 6.54 Å². The number of nitrogens with zero attached hydrogens (tertiary/aromatic N) is 2. The molecule has 1 aromatic carbocycles. The van der Waals surface area contributed by atoms with Crippen LogP contribution in [0.3, 0.4) is 0 Å². The lowest BCUT2D eigenvalue weighted by atomic mass is 10.1. The lowest BCUT2D eigenvalue weighted by molar-refractivity contribution is 0.233. The first kappa shape index (κ1) is 14.7. The Morgan fingerprint density at radius 3 is 2.81 bits per heavy atom. The summed E-state index contributed by atoms with van der Waals surface area (Å²) in [5, 5.41) is 6.72. The molecule has 0 saturated carbocycles. The quantitative estimate of drug-likeness (QED) is 0.939. The van der Waals surface area contributed by atoms with E-state index < -0.39 is 0 Å². The van der Waals surface area contributed by atoms with Gasteiger partial charge in [0.05, 0.1) is 5.69 Å². The van der Waals surface area contributed by atoms with E-state index in [9.17, 15) is 0 Å². The Morgan fingerprint density at radius 2 is 2.10 bits per heavy atom. The summed E-state index contributed by atoms with van der Waals surface area (Å²) in [7, 11) is 0. The van der Waals surface area contributed by atoms with Gasteiger partial charge >= 0.3 is 0 Å². The van der Waals surface area contributed by atoms with Crippen molar-refractivity contribution < 1.29 is 0 Å². The molecule has 0 radical (unpaired) electrons. The molecule has 1 saturated heterocycles. The number of piperazine rings is 1. The van der Waals surface area contributed by atoms with Gasteiger partial charge in [-0.25, -0.2) is 4.98 Å². The van der Waals surface area contributed by atoms with E-state index >= 15 is 0 Å². The molecule has 1 aliphatic heterocycles. The second-order valence-corrected chi connectivity index (χ2v) is 6.82. The van der Waals surface area contributed by atoms with Gasteiger partial charge in [-0.15, -0.1) is 11.3 Å². The molecule has 3 nitrogen and oxygen atoms in total. The first-order valence-electron chi connectivity index (χ1n) is 7.70. The number of benzene rings is 1. The maximum Gasteiger partial charge on any atom is 0.123 e. The van der Waals surface area contributed by atoms with E-state index in [2.05, 4.69) is 53.7 Å². The highest BCUT2D eigenvalue weighted by Crippen LogP contribution is 2.27. The van der Waals surface area contributed by atoms with Crippen LogP contribution in [-0.4, -0.2) is 36.1 Å². The van der Waals surface area contributed by atoms with Crippen LogP contribution >= 0.6 is 11.3 Å². The largest absolute Gasteiger partial charge is 0.314 e. The molecule has 0 atom stereocenters. The van der Waals surface area contributed by atoms with Crippen LogP contribution < -0.4 is 5.32 Å². The number of aromatic nitrogens is 1. The van der Waals surface area contributed by atoms with Crippen molar-refractivity contribution in [1.29, 1.82) is 0 Å². The van der Waals surface area contributed by atoms with Crippen LogP contribution in [0.1, 0.15) is 31.0 Å². The second kappa shape index (κ2) is 6.69. The lowest BCUT2D eigenvalue weighted by Crippen LogP contribution is -2.42. The molecule has 0 amide bonds. The Hall–Kier alpha value is -1.23. The molecular weight excluding hydrogens is 278 g/mol. The van der Waals surface area contributed by atoms with Crippen molar-refractivity contribution >= 4 is 11.3 Å². The van der Waals surface area contributed by atoms with Gasteiger partial charge < -0.3 is 5.32 Å². The number of hydrogen-bond donors (Lipinski definition) is 1. The molecule has 0 aliphatic carbocycles. The van der Waals surface area contributed by atoms with E-state index in [0.29, 0.717) is 5.92 Å². The molecule has 21 heavy (non-hydrogen) atoms. The topological polar surface area (TPSA) is 28.2 Å². The van der Waals surface area contributed by atoms with Crippen molar-refractivity contribution in [2.75, 3.05) is 26.2 Å². The van der Waals surface area contributed by atoms with E-state index in [1.807, 2.05) is 0 Å². The molecule has 4 heteroatoms. The van der Waals surface area contributed by atoms with Gasteiger partial charge in [-0.3, -0.25) is 4.90 Å². The Kier molecular flexibility index (Phi) is 4.68. The minimum absolute atomic E-state index is 0.499. The van der Waals surface area contributed by atoms with Gasteiger partial charge in [-0.05, 0) is 17.5 Å². The third kappa shape index (κ3) is 3.70. The molecule has 0 unspecified atom stereocenters. The summed E-state index contributed by atoms with van der Waals surface area (Å²) >= 11 is 1.75. The first-order valence-corrected chi connectivity index (χ1v) is 8.58. The number of nitrogens with one attached hydrogen (secondary N) is 1. The average Bonchev–Trinajstić information content (AvgIpc) is 2.99. The molecule has 2 aromatic rings. The Labute approximate surface area is 131 Å². The summed E-state index contributed by atoms with van der Waals surface area (Å²) in [6, 6.07) is 8.85. The fourth-order valence-corrected chi connectivity index (χ4v) is 3.59. The van der Waals surface area contributed by atoms with Crippen molar-refractivity contribution in [2.24, 2.45) is 0 Å². The molecule has 0 spiro atoms. The number of hydrogen-bond acceptors (Lipinski definition) is 4. The minimum Gasteiger partial charge on any atom is -0.314 e. The van der Waals surface area contributed by atoms with Crippen molar-refractivity contribution in [3.05, 3.63) is 40.9 Å². The molecular formula is C17H23N3S. The summed E-state index contributed by atoms with van der Waals surface area (Å²) in [6.07, 6.45) is 0. The standard InChI is InChI=1S/C17H23N3S/c1-13(2)16-12-21-17(19-16)15-5-3-4-14(10-15)11-20-8-6-18-7-9-20/h3-5,10,12-13,18H,6-9,11H2,1-2H3. The van der Waals surface area contributed by atoms with Crippen molar-refractivity contribution in [3.8, 4) is 10.6 Å². The molecule has 1 aliphatic rings. The van der Waals surface area contributed by atoms with E-state index in [-0.39, 0.29) is 0 Å². The molecule has 1 aromatic heterocycles. The third-order valence-corrected chi connectivity index (χ3v) is 4.81. The molecule has 1 N–H and O–H groups in total. The monoisotopic (exact) mass is 301 g/mol. The van der Waals surface area contributed by atoms with Crippen LogP contribution in [0, 0.1) is 0 Å². The molecule has 1 fully saturated rings. The Morgan fingerprint density at radius 1 is 1.29 bits per heavy atom. The SMILES string of the molecule is CC(C)c1csc(-c2cccc(CN3CCNCC3)c2)n1. The fourth-order valence-electron chi connectivity index (χ4n) is 2.61. The highest BCUT2D eigenvalue weighted by atomic mass is 32.1. The van der Waals surface area contributed by atoms with Gasteiger partial charge in [0.15, 0.2) is 0 Å².